The van der Waals surface area contributed by atoms with Gasteiger partial charge < -0.3 is 10.4 Å². The summed E-state index contributed by atoms with van der Waals surface area (Å²) >= 11 is 0. The van der Waals surface area contributed by atoms with E-state index in [9.17, 15) is 9.90 Å². The Labute approximate surface area is 155 Å². The first-order valence-electron chi connectivity index (χ1n) is 9.61. The molecule has 140 valence electrons. The molecule has 1 heterocycles. The summed E-state index contributed by atoms with van der Waals surface area (Å²) < 4.78 is 4.25. The van der Waals surface area contributed by atoms with Crippen LogP contribution in [0.15, 0.2) is 42.7 Å². The number of nitrogens with zero attached hydrogens (tertiary/aromatic N) is 2. The zero-order chi connectivity index (χ0) is 18.6. The molecular formula is C21H30N3O2+. The summed E-state index contributed by atoms with van der Waals surface area (Å²) in [6, 6.07) is 9.41. The molecule has 1 aromatic carbocycles. The topological polar surface area (TPSA) is 58.1 Å². The average molecular weight is 356 g/mol. The minimum absolute atomic E-state index is 0.00403. The lowest BCUT2D eigenvalue weighted by molar-refractivity contribution is -0.677. The van der Waals surface area contributed by atoms with Gasteiger partial charge >= 0.3 is 0 Å². The van der Waals surface area contributed by atoms with Crippen LogP contribution in [0.5, 0.6) is 0 Å². The van der Waals surface area contributed by atoms with Crippen LogP contribution in [-0.2, 0) is 24.0 Å². The molecule has 26 heavy (non-hydrogen) atoms. The van der Waals surface area contributed by atoms with E-state index in [4.69, 9.17) is 0 Å². The molecule has 0 aliphatic heterocycles. The van der Waals surface area contributed by atoms with Gasteiger partial charge in [-0.25, -0.2) is 9.13 Å². The normalized spacial score (nSPS) is 17.2. The maximum absolute atomic E-state index is 13.0. The molecule has 1 unspecified atom stereocenters. The lowest BCUT2D eigenvalue weighted by Crippen LogP contribution is -2.49. The Morgan fingerprint density at radius 2 is 2.00 bits per heavy atom. The molecule has 2 N–H and O–H groups in total. The number of hydrogen-bond acceptors (Lipinski definition) is 2. The standard InChI is InChI=1S/C21H29N3O2/c1-17-23(2)15-16-24(17)14-8-13-22-20(25)21(26,19-11-6-7-12-19)18-9-4-3-5-10-18/h3-5,9-10,15-16,19,26H,6-8,11-14H2,1-2H3/p+1. The van der Waals surface area contributed by atoms with Crippen LogP contribution < -0.4 is 9.88 Å². The van der Waals surface area contributed by atoms with Gasteiger partial charge in [0.15, 0.2) is 5.60 Å². The van der Waals surface area contributed by atoms with E-state index >= 15 is 0 Å². The molecule has 1 fully saturated rings. The van der Waals surface area contributed by atoms with Gasteiger partial charge in [0.1, 0.15) is 12.4 Å². The monoisotopic (exact) mass is 356 g/mol. The zero-order valence-corrected chi connectivity index (χ0v) is 15.8. The number of imidazole rings is 1. The first-order valence-corrected chi connectivity index (χ1v) is 9.61. The second-order valence-electron chi connectivity index (χ2n) is 7.37. The van der Waals surface area contributed by atoms with Gasteiger partial charge in [-0.05, 0) is 18.4 Å². The fourth-order valence-electron chi connectivity index (χ4n) is 4.01. The summed E-state index contributed by atoms with van der Waals surface area (Å²) in [5.41, 5.74) is -0.717. The third-order valence-corrected chi connectivity index (χ3v) is 5.76. The molecule has 1 saturated carbocycles. The average Bonchev–Trinajstić information content (AvgIpc) is 3.31. The zero-order valence-electron chi connectivity index (χ0n) is 15.8. The minimum Gasteiger partial charge on any atom is -0.375 e. The maximum Gasteiger partial charge on any atom is 0.256 e. The Bertz CT molecular complexity index is 735. The Balaban J connectivity index is 1.63. The molecule has 1 aromatic heterocycles. The molecule has 0 spiro atoms. The number of nitrogens with one attached hydrogen (secondary N) is 1. The predicted octanol–water partition coefficient (Wildman–Crippen LogP) is 2.21. The fraction of sp³-hybridized carbons (Fsp3) is 0.524. The van der Waals surface area contributed by atoms with Crippen LogP contribution in [0.4, 0.5) is 0 Å². The van der Waals surface area contributed by atoms with E-state index in [0.29, 0.717) is 12.1 Å². The van der Waals surface area contributed by atoms with Crippen molar-refractivity contribution in [2.75, 3.05) is 6.54 Å². The van der Waals surface area contributed by atoms with Crippen molar-refractivity contribution in [2.24, 2.45) is 13.0 Å². The summed E-state index contributed by atoms with van der Waals surface area (Å²) in [7, 11) is 2.02. The van der Waals surface area contributed by atoms with Crippen molar-refractivity contribution in [2.45, 2.75) is 51.2 Å². The third-order valence-electron chi connectivity index (χ3n) is 5.76. The SMILES string of the molecule is Cc1n(CCCNC(=O)C(O)(c2ccccc2)C2CCCC2)cc[n+]1C. The summed E-state index contributed by atoms with van der Waals surface area (Å²) in [5, 5.41) is 14.4. The van der Waals surface area contributed by atoms with Crippen molar-refractivity contribution in [3.8, 4) is 0 Å². The van der Waals surface area contributed by atoms with Crippen molar-refractivity contribution in [3.05, 3.63) is 54.1 Å². The number of amides is 1. The first kappa shape index (κ1) is 18.6. The van der Waals surface area contributed by atoms with Crippen molar-refractivity contribution in [3.63, 3.8) is 0 Å². The van der Waals surface area contributed by atoms with Gasteiger partial charge in [0.2, 0.25) is 0 Å². The highest BCUT2D eigenvalue weighted by molar-refractivity contribution is 5.86. The highest BCUT2D eigenvalue weighted by Gasteiger charge is 2.46. The quantitative estimate of drug-likeness (QED) is 0.590. The van der Waals surface area contributed by atoms with Gasteiger partial charge in [-0.15, -0.1) is 0 Å². The number of benzene rings is 1. The second kappa shape index (κ2) is 8.04. The molecule has 1 atom stereocenters. The highest BCUT2D eigenvalue weighted by atomic mass is 16.3. The molecule has 0 radical (unpaired) electrons. The van der Waals surface area contributed by atoms with Crippen molar-refractivity contribution < 1.29 is 14.5 Å². The van der Waals surface area contributed by atoms with Gasteiger partial charge in [-0.1, -0.05) is 43.2 Å². The summed E-state index contributed by atoms with van der Waals surface area (Å²) in [5.74, 6) is 0.920. The molecular weight excluding hydrogens is 326 g/mol. The molecule has 3 rings (SSSR count). The number of aryl methyl sites for hydroxylation is 2. The number of carbonyl (C=O) groups is 1. The molecule has 5 heteroatoms. The second-order valence-corrected chi connectivity index (χ2v) is 7.37. The minimum atomic E-state index is -1.42. The Kier molecular flexibility index (Phi) is 5.77. The lowest BCUT2D eigenvalue weighted by Gasteiger charge is -2.33. The number of hydrogen-bond donors (Lipinski definition) is 2. The van der Waals surface area contributed by atoms with Crippen LogP contribution in [-0.4, -0.2) is 22.1 Å². The van der Waals surface area contributed by atoms with Crippen molar-refractivity contribution in [1.82, 2.24) is 9.88 Å². The Morgan fingerprint density at radius 3 is 2.62 bits per heavy atom. The third kappa shape index (κ3) is 3.68. The van der Waals surface area contributed by atoms with E-state index in [0.717, 1.165) is 38.6 Å². The van der Waals surface area contributed by atoms with Gasteiger partial charge in [0.05, 0.1) is 13.6 Å². The van der Waals surface area contributed by atoms with Crippen LogP contribution in [0.1, 0.15) is 43.5 Å². The Hall–Kier alpha value is -2.14. The van der Waals surface area contributed by atoms with E-state index in [1.165, 1.54) is 5.82 Å². The molecule has 1 amide bonds. The van der Waals surface area contributed by atoms with E-state index in [1.807, 2.05) is 43.6 Å². The number of aromatic nitrogens is 2. The van der Waals surface area contributed by atoms with Crippen molar-refractivity contribution in [1.29, 1.82) is 0 Å². The number of rotatable bonds is 7. The highest BCUT2D eigenvalue weighted by Crippen LogP contribution is 2.40. The van der Waals surface area contributed by atoms with E-state index in [2.05, 4.69) is 27.6 Å². The molecule has 0 bridgehead atoms. The molecule has 5 nitrogen and oxygen atoms in total. The van der Waals surface area contributed by atoms with Gasteiger partial charge in [-0.2, -0.15) is 0 Å². The summed E-state index contributed by atoms with van der Waals surface area (Å²) in [6.07, 6.45) is 8.87. The predicted molar refractivity (Wildman–Crippen MR) is 100 cm³/mol. The first-order chi connectivity index (χ1) is 12.5. The van der Waals surface area contributed by atoms with E-state index in [-0.39, 0.29) is 11.8 Å². The molecule has 0 saturated heterocycles. The lowest BCUT2D eigenvalue weighted by atomic mass is 9.79. The molecule has 2 aromatic rings. The van der Waals surface area contributed by atoms with E-state index < -0.39 is 5.60 Å². The fourth-order valence-corrected chi connectivity index (χ4v) is 4.01. The van der Waals surface area contributed by atoms with Gasteiger partial charge in [0, 0.05) is 25.8 Å². The van der Waals surface area contributed by atoms with Crippen LogP contribution in [0.2, 0.25) is 0 Å². The smallest absolute Gasteiger partial charge is 0.256 e. The van der Waals surface area contributed by atoms with Crippen LogP contribution in [0, 0.1) is 12.8 Å². The summed E-state index contributed by atoms with van der Waals surface area (Å²) in [4.78, 5) is 13.0. The van der Waals surface area contributed by atoms with E-state index in [1.54, 1.807) is 0 Å². The van der Waals surface area contributed by atoms with Gasteiger partial charge in [-0.3, -0.25) is 4.79 Å². The largest absolute Gasteiger partial charge is 0.375 e. The van der Waals surface area contributed by atoms with Crippen LogP contribution >= 0.6 is 0 Å². The number of aliphatic hydroxyl groups is 1. The molecule has 1 aliphatic rings. The van der Waals surface area contributed by atoms with Crippen molar-refractivity contribution >= 4 is 5.91 Å². The maximum atomic E-state index is 13.0. The van der Waals surface area contributed by atoms with Crippen LogP contribution in [0.25, 0.3) is 0 Å². The number of carbonyl (C=O) groups excluding carboxylic acids is 1. The van der Waals surface area contributed by atoms with Crippen LogP contribution in [0.3, 0.4) is 0 Å². The van der Waals surface area contributed by atoms with Gasteiger partial charge in [0.25, 0.3) is 11.7 Å². The molecule has 1 aliphatic carbocycles. The summed E-state index contributed by atoms with van der Waals surface area (Å²) in [6.45, 7) is 3.48. The Morgan fingerprint density at radius 1 is 1.31 bits per heavy atom.